The molecule has 4 aromatic rings. The van der Waals surface area contributed by atoms with Crippen LogP contribution >= 0.6 is 11.6 Å². The molecule has 1 aliphatic heterocycles. The van der Waals surface area contributed by atoms with Gasteiger partial charge in [0.25, 0.3) is 0 Å². The first-order valence-electron chi connectivity index (χ1n) is 11.5. The smallest absolute Gasteiger partial charge is 0.238 e. The Bertz CT molecular complexity index is 1430. The number of imidazole rings is 1. The molecule has 1 saturated heterocycles. The van der Waals surface area contributed by atoms with Crippen molar-refractivity contribution in [2.24, 2.45) is 5.41 Å². The summed E-state index contributed by atoms with van der Waals surface area (Å²) in [4.78, 5) is 23.4. The molecule has 0 radical (unpaired) electrons. The number of rotatable bonds is 6. The van der Waals surface area contributed by atoms with Gasteiger partial charge in [-0.2, -0.15) is 0 Å². The van der Waals surface area contributed by atoms with Gasteiger partial charge in [0.2, 0.25) is 5.91 Å². The molecule has 0 saturated carbocycles. The summed E-state index contributed by atoms with van der Waals surface area (Å²) in [6, 6.07) is 18.4. The highest BCUT2D eigenvalue weighted by atomic mass is 35.5. The lowest BCUT2D eigenvalue weighted by Gasteiger charge is -2.27. The zero-order valence-electron chi connectivity index (χ0n) is 19.7. The van der Waals surface area contributed by atoms with Crippen LogP contribution in [0, 0.1) is 18.2 Å². The number of hydrogen-bond donors (Lipinski definition) is 2. The highest BCUT2D eigenvalue weighted by Gasteiger charge is 2.45. The summed E-state index contributed by atoms with van der Waals surface area (Å²) in [5, 5.41) is 3.54. The zero-order chi connectivity index (χ0) is 24.7. The number of halogens is 2. The molecular formula is C28H26ClFN4O. The minimum Gasteiger partial charge on any atom is -0.384 e. The van der Waals surface area contributed by atoms with Crippen molar-refractivity contribution in [2.75, 3.05) is 11.4 Å². The van der Waals surface area contributed by atoms with Crippen LogP contribution in [0.4, 0.5) is 10.1 Å². The molecule has 2 N–H and O–H groups in total. The molecule has 7 heteroatoms. The van der Waals surface area contributed by atoms with E-state index in [1.165, 1.54) is 17.7 Å². The number of anilines is 1. The van der Waals surface area contributed by atoms with Gasteiger partial charge in [0.15, 0.2) is 0 Å². The van der Waals surface area contributed by atoms with Crippen molar-refractivity contribution in [3.63, 3.8) is 0 Å². The van der Waals surface area contributed by atoms with E-state index in [1.54, 1.807) is 11.0 Å². The quantitative estimate of drug-likeness (QED) is 0.331. The van der Waals surface area contributed by atoms with E-state index in [9.17, 15) is 9.18 Å². The van der Waals surface area contributed by atoms with E-state index in [4.69, 9.17) is 16.6 Å². The first-order valence-corrected chi connectivity index (χ1v) is 11.9. The van der Waals surface area contributed by atoms with Crippen LogP contribution in [0.1, 0.15) is 24.5 Å². The van der Waals surface area contributed by atoms with Crippen LogP contribution in [0.15, 0.2) is 72.9 Å². The summed E-state index contributed by atoms with van der Waals surface area (Å²) >= 11 is 5.96. The number of carbonyl (C=O) groups excluding carboxylic acids is 1. The number of aryl methyl sites for hydroxylation is 1. The van der Waals surface area contributed by atoms with Crippen LogP contribution in [-0.4, -0.2) is 22.4 Å². The van der Waals surface area contributed by atoms with Gasteiger partial charge in [0.05, 0.1) is 16.4 Å². The number of benzene rings is 3. The van der Waals surface area contributed by atoms with E-state index in [-0.39, 0.29) is 5.91 Å². The topological polar surface area (TPSA) is 61.0 Å². The van der Waals surface area contributed by atoms with Gasteiger partial charge in [-0.25, -0.2) is 9.37 Å². The van der Waals surface area contributed by atoms with Crippen LogP contribution in [-0.2, 0) is 11.3 Å². The molecule has 1 fully saturated rings. The van der Waals surface area contributed by atoms with E-state index in [1.807, 2.05) is 37.3 Å². The molecule has 1 aromatic heterocycles. The number of hydrogen-bond acceptors (Lipinski definition) is 3. The van der Waals surface area contributed by atoms with Crippen LogP contribution in [0.5, 0.6) is 0 Å². The molecule has 35 heavy (non-hydrogen) atoms. The van der Waals surface area contributed by atoms with E-state index >= 15 is 0 Å². The van der Waals surface area contributed by atoms with Crippen molar-refractivity contribution in [2.45, 2.75) is 26.8 Å². The standard InChI is InChI=1S/C28H26ClFN4O/c1-17-4-6-20(7-5-17)26-32-24-9-8-23(15-25(24)33-26)34-11-10-28(3,27(34)35)18(2)31-16-19-12-21(29)14-22(30)13-19/h4-9,12-15,31H,2,10-11,16H2,1,3H3,(H,32,33). The first kappa shape index (κ1) is 23.1. The Morgan fingerprint density at radius 3 is 2.71 bits per heavy atom. The molecule has 0 aliphatic carbocycles. The second-order valence-electron chi connectivity index (χ2n) is 9.30. The minimum absolute atomic E-state index is 0.0232. The Hall–Kier alpha value is -3.64. The molecule has 5 nitrogen and oxygen atoms in total. The molecule has 1 atom stereocenters. The van der Waals surface area contributed by atoms with Crippen LogP contribution < -0.4 is 10.2 Å². The maximum Gasteiger partial charge on any atom is 0.238 e. The predicted molar refractivity (Wildman–Crippen MR) is 139 cm³/mol. The van der Waals surface area contributed by atoms with Crippen LogP contribution in [0.3, 0.4) is 0 Å². The van der Waals surface area contributed by atoms with Gasteiger partial charge in [-0.05, 0) is 62.2 Å². The molecule has 1 aliphatic rings. The van der Waals surface area contributed by atoms with Crippen molar-refractivity contribution in [1.29, 1.82) is 0 Å². The molecule has 1 amide bonds. The highest BCUT2D eigenvalue weighted by Crippen LogP contribution is 2.39. The third-order valence-electron chi connectivity index (χ3n) is 6.75. The summed E-state index contributed by atoms with van der Waals surface area (Å²) in [6.45, 7) is 9.00. The summed E-state index contributed by atoms with van der Waals surface area (Å²) < 4.78 is 13.7. The molecule has 3 aromatic carbocycles. The Balaban J connectivity index is 1.33. The van der Waals surface area contributed by atoms with Crippen molar-refractivity contribution in [3.05, 3.63) is 94.9 Å². The van der Waals surface area contributed by atoms with Crippen molar-refractivity contribution in [3.8, 4) is 11.4 Å². The maximum absolute atomic E-state index is 13.7. The Morgan fingerprint density at radius 2 is 1.97 bits per heavy atom. The Labute approximate surface area is 208 Å². The second kappa shape index (κ2) is 8.86. The molecular weight excluding hydrogens is 463 g/mol. The van der Waals surface area contributed by atoms with Gasteiger partial charge >= 0.3 is 0 Å². The third kappa shape index (κ3) is 4.42. The molecule has 5 rings (SSSR count). The van der Waals surface area contributed by atoms with Gasteiger partial charge in [-0.15, -0.1) is 0 Å². The van der Waals surface area contributed by atoms with Crippen molar-refractivity contribution < 1.29 is 9.18 Å². The van der Waals surface area contributed by atoms with Gasteiger partial charge in [-0.1, -0.05) is 48.0 Å². The number of H-pyrrole nitrogens is 1. The number of carbonyl (C=O) groups is 1. The number of aromatic nitrogens is 2. The molecule has 1 unspecified atom stereocenters. The normalized spacial score (nSPS) is 17.8. The average Bonchev–Trinajstić information content (AvgIpc) is 3.38. The fourth-order valence-corrected chi connectivity index (χ4v) is 4.74. The lowest BCUT2D eigenvalue weighted by atomic mass is 9.85. The highest BCUT2D eigenvalue weighted by molar-refractivity contribution is 6.30. The number of fused-ring (bicyclic) bond motifs is 1. The zero-order valence-corrected chi connectivity index (χ0v) is 20.4. The molecule has 0 bridgehead atoms. The monoisotopic (exact) mass is 488 g/mol. The van der Waals surface area contributed by atoms with Gasteiger partial charge < -0.3 is 15.2 Å². The van der Waals surface area contributed by atoms with E-state index in [0.717, 1.165) is 28.1 Å². The summed E-state index contributed by atoms with van der Waals surface area (Å²) in [7, 11) is 0. The van der Waals surface area contributed by atoms with Crippen molar-refractivity contribution in [1.82, 2.24) is 15.3 Å². The molecule has 0 spiro atoms. The van der Waals surface area contributed by atoms with Gasteiger partial charge in [-0.3, -0.25) is 4.79 Å². The predicted octanol–water partition coefficient (Wildman–Crippen LogP) is 6.38. The summed E-state index contributed by atoms with van der Waals surface area (Å²) in [6.07, 6.45) is 0.622. The third-order valence-corrected chi connectivity index (χ3v) is 6.97. The van der Waals surface area contributed by atoms with Gasteiger partial charge in [0.1, 0.15) is 11.6 Å². The first-order chi connectivity index (χ1) is 16.7. The van der Waals surface area contributed by atoms with Gasteiger partial charge in [0, 0.05) is 35.1 Å². The fraction of sp³-hybridized carbons (Fsp3) is 0.214. The van der Waals surface area contributed by atoms with E-state index in [2.05, 4.69) is 35.9 Å². The fourth-order valence-electron chi connectivity index (χ4n) is 4.50. The largest absolute Gasteiger partial charge is 0.384 e. The minimum atomic E-state index is -0.771. The average molecular weight is 489 g/mol. The van der Waals surface area contributed by atoms with E-state index in [0.29, 0.717) is 35.8 Å². The molecule has 2 heterocycles. The number of nitrogens with zero attached hydrogens (tertiary/aromatic N) is 2. The molecule has 178 valence electrons. The van der Waals surface area contributed by atoms with E-state index < -0.39 is 11.2 Å². The lowest BCUT2D eigenvalue weighted by molar-refractivity contribution is -0.123. The maximum atomic E-state index is 13.7. The Kier molecular flexibility index (Phi) is 5.85. The summed E-state index contributed by atoms with van der Waals surface area (Å²) in [5.41, 5.74) is 5.27. The second-order valence-corrected chi connectivity index (χ2v) is 9.74. The van der Waals surface area contributed by atoms with Crippen LogP contribution in [0.2, 0.25) is 5.02 Å². The Morgan fingerprint density at radius 1 is 1.20 bits per heavy atom. The number of aromatic amines is 1. The summed E-state index contributed by atoms with van der Waals surface area (Å²) in [5.74, 6) is 0.378. The number of nitrogens with one attached hydrogen (secondary N) is 2. The van der Waals surface area contributed by atoms with Crippen molar-refractivity contribution >= 4 is 34.2 Å². The number of amides is 1. The van der Waals surface area contributed by atoms with Crippen LogP contribution in [0.25, 0.3) is 22.4 Å². The lowest BCUT2D eigenvalue weighted by Crippen LogP contribution is -2.37. The SMILES string of the molecule is C=C(NCc1cc(F)cc(Cl)c1)C1(C)CCN(c2ccc3nc(-c4ccc(C)cc4)[nH]c3c2)C1=O.